The van der Waals surface area contributed by atoms with Gasteiger partial charge in [-0.1, -0.05) is 23.8 Å². The molecule has 0 aliphatic carbocycles. The maximum atomic E-state index is 13.2. The maximum absolute atomic E-state index is 13.2. The summed E-state index contributed by atoms with van der Waals surface area (Å²) in [6, 6.07) is 10.7. The number of rotatable bonds is 3. The predicted molar refractivity (Wildman–Crippen MR) is 99.3 cm³/mol. The maximum Gasteiger partial charge on any atom is 0.312 e. The summed E-state index contributed by atoms with van der Waals surface area (Å²) in [7, 11) is -0.824. The average molecular weight is 600 g/mol. The molecule has 7 nitrogen and oxygen atoms in total. The van der Waals surface area contributed by atoms with Crippen molar-refractivity contribution in [2.45, 2.75) is 11.9 Å². The molecule has 1 N–H and O–H groups in total. The number of pyridine rings is 1. The van der Waals surface area contributed by atoms with Crippen LogP contribution in [0.15, 0.2) is 47.6 Å². The molecule has 0 saturated heterocycles. The van der Waals surface area contributed by atoms with Gasteiger partial charge in [-0.2, -0.15) is 8.42 Å². The number of nitrogens with zero attached hydrogens (tertiary/aromatic N) is 4. The molecule has 0 spiro atoms. The van der Waals surface area contributed by atoms with Gasteiger partial charge < -0.3 is 9.88 Å². The van der Waals surface area contributed by atoms with Gasteiger partial charge in [-0.25, -0.2) is 9.97 Å². The fraction of sp³-hybridized carbons (Fsp3) is 0.167. The minimum absolute atomic E-state index is 0. The summed E-state index contributed by atoms with van der Waals surface area (Å²) >= 11 is 0. The molecule has 0 aliphatic rings. The quantitative estimate of drug-likeness (QED) is 0.281. The van der Waals surface area contributed by atoms with E-state index in [0.717, 1.165) is 12.1 Å². The van der Waals surface area contributed by atoms with Crippen molar-refractivity contribution in [1.29, 1.82) is 0 Å². The van der Waals surface area contributed by atoms with Gasteiger partial charge in [-0.15, -0.1) is 12.1 Å². The Morgan fingerprint density at radius 1 is 1.14 bits per heavy atom. The number of hydrogen-bond donors (Lipinski definition) is 1. The molecule has 3 aromatic rings. The van der Waals surface area contributed by atoms with E-state index < -0.39 is 21.8 Å². The molecule has 0 atom stereocenters. The molecule has 0 unspecified atom stereocenters. The second-order valence-electron chi connectivity index (χ2n) is 5.74. The van der Waals surface area contributed by atoms with Crippen LogP contribution in [0.4, 0.5) is 14.6 Å². The Morgan fingerprint density at radius 2 is 1.83 bits per heavy atom. The topological polar surface area (TPSA) is 96.3 Å². The molecular weight excluding hydrogens is 583 g/mol. The van der Waals surface area contributed by atoms with Crippen LogP contribution < -0.4 is 4.90 Å². The standard InChI is InChI=1S/C11H6F2N.C7H11N3O3S.Ir/c12-8-4-5-9(10(13)7-8)11-3-1-2-6-14-11;1-5-8-6(10(2)3)4-7(9-5)14(11,12)13;/h1-4,6-7H;4H,1-3H3,(H,11,12,13);/q-1;;. The summed E-state index contributed by atoms with van der Waals surface area (Å²) < 4.78 is 56.2. The van der Waals surface area contributed by atoms with E-state index in [1.165, 1.54) is 6.07 Å². The fourth-order valence-electron chi connectivity index (χ4n) is 2.04. The second kappa shape index (κ2) is 10.4. The summed E-state index contributed by atoms with van der Waals surface area (Å²) in [4.78, 5) is 13.2. The van der Waals surface area contributed by atoms with Gasteiger partial charge in [0, 0.05) is 58.1 Å². The number of benzene rings is 1. The molecule has 11 heteroatoms. The van der Waals surface area contributed by atoms with Crippen LogP contribution in [0.5, 0.6) is 0 Å². The van der Waals surface area contributed by atoms with E-state index in [-0.39, 0.29) is 30.7 Å². The van der Waals surface area contributed by atoms with Gasteiger partial charge in [0.05, 0.1) is 0 Å². The molecule has 29 heavy (non-hydrogen) atoms. The third-order valence-corrected chi connectivity index (χ3v) is 4.04. The predicted octanol–water partition coefficient (Wildman–Crippen LogP) is 2.92. The smallest absolute Gasteiger partial charge is 0.312 e. The third-order valence-electron chi connectivity index (χ3n) is 3.30. The van der Waals surface area contributed by atoms with Crippen molar-refractivity contribution < 1.29 is 41.9 Å². The van der Waals surface area contributed by atoms with Crippen LogP contribution >= 0.6 is 0 Å². The number of aromatic nitrogens is 3. The Kier molecular flexibility index (Phi) is 8.90. The molecule has 3 rings (SSSR count). The molecule has 1 aromatic carbocycles. The molecular formula is C18H17F2IrN4O3S-. The van der Waals surface area contributed by atoms with Gasteiger partial charge in [0.15, 0.2) is 5.03 Å². The van der Waals surface area contributed by atoms with E-state index in [0.29, 0.717) is 17.3 Å². The molecule has 0 bridgehead atoms. The van der Waals surface area contributed by atoms with E-state index in [9.17, 15) is 17.2 Å². The molecule has 0 aliphatic heterocycles. The summed E-state index contributed by atoms with van der Waals surface area (Å²) in [5.41, 5.74) is 0.636. The van der Waals surface area contributed by atoms with Crippen LogP contribution in [0.3, 0.4) is 0 Å². The van der Waals surface area contributed by atoms with Crippen molar-refractivity contribution in [2.75, 3.05) is 19.0 Å². The molecule has 0 fully saturated rings. The molecule has 0 saturated carbocycles. The zero-order chi connectivity index (χ0) is 20.9. The average Bonchev–Trinajstić information content (AvgIpc) is 2.62. The van der Waals surface area contributed by atoms with Gasteiger partial charge in [0.2, 0.25) is 0 Å². The first-order valence-corrected chi connectivity index (χ1v) is 9.30. The molecule has 2 aromatic heterocycles. The van der Waals surface area contributed by atoms with Crippen molar-refractivity contribution in [3.05, 3.63) is 66.1 Å². The Bertz CT molecular complexity index is 1070. The van der Waals surface area contributed by atoms with Crippen molar-refractivity contribution in [1.82, 2.24) is 15.0 Å². The Labute approximate surface area is 181 Å². The van der Waals surface area contributed by atoms with Gasteiger partial charge in [-0.3, -0.25) is 13.3 Å². The van der Waals surface area contributed by atoms with Gasteiger partial charge in [0.1, 0.15) is 11.6 Å². The summed E-state index contributed by atoms with van der Waals surface area (Å²) in [5, 5.41) is -0.381. The van der Waals surface area contributed by atoms with Crippen molar-refractivity contribution in [3.8, 4) is 11.3 Å². The van der Waals surface area contributed by atoms with Crippen LogP contribution in [0.25, 0.3) is 11.3 Å². The molecule has 2 heterocycles. The molecule has 157 valence electrons. The van der Waals surface area contributed by atoms with E-state index in [1.807, 2.05) is 0 Å². The molecule has 1 radical (unpaired) electrons. The first kappa shape index (κ1) is 24.7. The van der Waals surface area contributed by atoms with Crippen LogP contribution in [-0.4, -0.2) is 42.0 Å². The zero-order valence-corrected chi connectivity index (χ0v) is 18.8. The normalized spacial score (nSPS) is 10.4. The van der Waals surface area contributed by atoms with Gasteiger partial charge in [-0.05, 0) is 18.7 Å². The Morgan fingerprint density at radius 3 is 2.34 bits per heavy atom. The summed E-state index contributed by atoms with van der Waals surface area (Å²) in [6.07, 6.45) is 1.55. The minimum Gasteiger partial charge on any atom is -0.363 e. The van der Waals surface area contributed by atoms with E-state index in [2.05, 4.69) is 21.0 Å². The van der Waals surface area contributed by atoms with E-state index in [1.54, 1.807) is 50.3 Å². The zero-order valence-electron chi connectivity index (χ0n) is 15.6. The second-order valence-corrected chi connectivity index (χ2v) is 7.11. The van der Waals surface area contributed by atoms with Gasteiger partial charge >= 0.3 is 10.1 Å². The summed E-state index contributed by atoms with van der Waals surface area (Å²) in [6.45, 7) is 1.56. The minimum atomic E-state index is -4.26. The number of halogens is 2. The fourth-order valence-corrected chi connectivity index (χ4v) is 2.54. The van der Waals surface area contributed by atoms with Crippen molar-refractivity contribution in [2.24, 2.45) is 0 Å². The SMILES string of the molecule is Cc1nc(N(C)C)cc(S(=O)(=O)O)n1.Fc1c[c-]c(-c2ccccn2)c(F)c1.[Ir]. The number of anilines is 1. The first-order valence-electron chi connectivity index (χ1n) is 7.86. The summed E-state index contributed by atoms with van der Waals surface area (Å²) in [5.74, 6) is -0.556. The van der Waals surface area contributed by atoms with E-state index in [4.69, 9.17) is 4.55 Å². The molecule has 0 amide bonds. The van der Waals surface area contributed by atoms with Crippen LogP contribution in [0, 0.1) is 24.6 Å². The van der Waals surface area contributed by atoms with Crippen LogP contribution in [0.2, 0.25) is 0 Å². The Balaban J connectivity index is 0.000000280. The third kappa shape index (κ3) is 7.21. The number of aryl methyl sites for hydroxylation is 1. The largest absolute Gasteiger partial charge is 0.363 e. The van der Waals surface area contributed by atoms with Crippen molar-refractivity contribution >= 4 is 15.9 Å². The first-order chi connectivity index (χ1) is 13.1. The van der Waals surface area contributed by atoms with Crippen LogP contribution in [-0.2, 0) is 30.2 Å². The van der Waals surface area contributed by atoms with Gasteiger partial charge in [0.25, 0.3) is 0 Å². The van der Waals surface area contributed by atoms with E-state index >= 15 is 0 Å². The Hall–Kier alpha value is -2.33. The monoisotopic (exact) mass is 600 g/mol. The van der Waals surface area contributed by atoms with Crippen LogP contribution in [0.1, 0.15) is 5.82 Å². The number of hydrogen-bond acceptors (Lipinski definition) is 6. The van der Waals surface area contributed by atoms with Crippen molar-refractivity contribution in [3.63, 3.8) is 0 Å².